The predicted octanol–water partition coefficient (Wildman–Crippen LogP) is 3.68. The third-order valence-corrected chi connectivity index (χ3v) is 2.97. The second kappa shape index (κ2) is 6.45. The van der Waals surface area contributed by atoms with Gasteiger partial charge < -0.3 is 5.32 Å². The summed E-state index contributed by atoms with van der Waals surface area (Å²) in [5.41, 5.74) is 1.34. The summed E-state index contributed by atoms with van der Waals surface area (Å²) in [5, 5.41) is 14.2. The van der Waals surface area contributed by atoms with Gasteiger partial charge in [-0.15, -0.1) is 0 Å². The molecule has 0 aliphatic heterocycles. The topological polar surface area (TPSA) is 55.2 Å². The first-order valence-electron chi connectivity index (χ1n) is 5.94. The quantitative estimate of drug-likeness (QED) is 0.676. The number of para-hydroxylation sites is 1. The Morgan fingerprint density at radius 1 is 1.20 bits per heavy atom. The zero-order chi connectivity index (χ0) is 14.5. The van der Waals surface area contributed by atoms with E-state index in [1.807, 2.05) is 0 Å². The van der Waals surface area contributed by atoms with Crippen molar-refractivity contribution >= 4 is 17.3 Å². The van der Waals surface area contributed by atoms with Crippen molar-refractivity contribution in [2.75, 3.05) is 0 Å². The number of hydrogen-bond donors (Lipinski definition) is 1. The summed E-state index contributed by atoms with van der Waals surface area (Å²) in [6.07, 6.45) is 0. The molecule has 0 aliphatic rings. The molecule has 1 N–H and O–H groups in total. The summed E-state index contributed by atoms with van der Waals surface area (Å²) >= 11 is 5.76. The number of nitrogens with one attached hydrogen (secondary N) is 1. The fraction of sp³-hybridized carbons (Fsp3) is 0.143. The fourth-order valence-electron chi connectivity index (χ4n) is 1.89. The van der Waals surface area contributed by atoms with Gasteiger partial charge in [-0.1, -0.05) is 29.8 Å². The minimum Gasteiger partial charge on any atom is -0.308 e. The normalized spacial score (nSPS) is 10.5. The molecule has 20 heavy (non-hydrogen) atoms. The minimum absolute atomic E-state index is 0.0669. The van der Waals surface area contributed by atoms with Gasteiger partial charge in [-0.25, -0.2) is 4.39 Å². The molecule has 2 rings (SSSR count). The summed E-state index contributed by atoms with van der Waals surface area (Å²) < 4.78 is 13.1. The van der Waals surface area contributed by atoms with Gasteiger partial charge in [0.1, 0.15) is 5.82 Å². The van der Waals surface area contributed by atoms with E-state index in [9.17, 15) is 14.5 Å². The Labute approximate surface area is 120 Å². The average molecular weight is 295 g/mol. The molecule has 0 heterocycles. The van der Waals surface area contributed by atoms with Crippen LogP contribution in [0.2, 0.25) is 5.02 Å². The monoisotopic (exact) mass is 294 g/mol. The Balaban J connectivity index is 2.01. The molecular weight excluding hydrogens is 283 g/mol. The molecule has 0 saturated heterocycles. The molecule has 0 unspecified atom stereocenters. The summed E-state index contributed by atoms with van der Waals surface area (Å²) in [6.45, 7) is 0.703. The molecule has 2 aromatic rings. The molecule has 4 nitrogen and oxygen atoms in total. The molecule has 0 fully saturated rings. The van der Waals surface area contributed by atoms with E-state index in [4.69, 9.17) is 11.6 Å². The van der Waals surface area contributed by atoms with E-state index in [0.717, 1.165) is 0 Å². The van der Waals surface area contributed by atoms with Gasteiger partial charge >= 0.3 is 0 Å². The molecule has 2 aromatic carbocycles. The molecule has 0 atom stereocenters. The van der Waals surface area contributed by atoms with Gasteiger partial charge in [0.15, 0.2) is 0 Å². The largest absolute Gasteiger partial charge is 0.308 e. The van der Waals surface area contributed by atoms with Gasteiger partial charge in [0.25, 0.3) is 5.69 Å². The van der Waals surface area contributed by atoms with E-state index in [1.165, 1.54) is 18.2 Å². The van der Waals surface area contributed by atoms with Gasteiger partial charge in [0.05, 0.1) is 4.92 Å². The maximum Gasteiger partial charge on any atom is 0.273 e. The van der Waals surface area contributed by atoms with E-state index < -0.39 is 10.7 Å². The summed E-state index contributed by atoms with van der Waals surface area (Å²) in [4.78, 5) is 10.4. The Morgan fingerprint density at radius 2 is 1.95 bits per heavy atom. The minimum atomic E-state index is -0.421. The van der Waals surface area contributed by atoms with Crippen LogP contribution < -0.4 is 5.32 Å². The van der Waals surface area contributed by atoms with Crippen molar-refractivity contribution in [3.8, 4) is 0 Å². The van der Waals surface area contributed by atoms with Gasteiger partial charge in [-0.05, 0) is 23.8 Å². The predicted molar refractivity (Wildman–Crippen MR) is 75.1 cm³/mol. The lowest BCUT2D eigenvalue weighted by Crippen LogP contribution is -2.14. The number of nitro groups is 1. The molecule has 104 valence electrons. The molecule has 0 bridgehead atoms. The lowest BCUT2D eigenvalue weighted by molar-refractivity contribution is -0.385. The van der Waals surface area contributed by atoms with E-state index in [2.05, 4.69) is 5.32 Å². The van der Waals surface area contributed by atoms with Crippen molar-refractivity contribution in [3.05, 3.63) is 74.5 Å². The van der Waals surface area contributed by atoms with Crippen molar-refractivity contribution in [1.29, 1.82) is 0 Å². The lowest BCUT2D eigenvalue weighted by atomic mass is 10.1. The zero-order valence-electron chi connectivity index (χ0n) is 10.5. The first-order valence-corrected chi connectivity index (χ1v) is 6.32. The molecule has 0 amide bonds. The van der Waals surface area contributed by atoms with Crippen LogP contribution in [0.5, 0.6) is 0 Å². The maximum absolute atomic E-state index is 13.1. The van der Waals surface area contributed by atoms with E-state index in [-0.39, 0.29) is 5.69 Å². The van der Waals surface area contributed by atoms with Crippen LogP contribution in [-0.2, 0) is 13.1 Å². The number of rotatable bonds is 5. The lowest BCUT2D eigenvalue weighted by Gasteiger charge is -2.06. The van der Waals surface area contributed by atoms with E-state index in [1.54, 1.807) is 24.3 Å². The van der Waals surface area contributed by atoms with Crippen LogP contribution in [0.25, 0.3) is 0 Å². The maximum atomic E-state index is 13.1. The van der Waals surface area contributed by atoms with Gasteiger partial charge in [-0.3, -0.25) is 10.1 Å². The number of nitro benzene ring substituents is 1. The number of benzene rings is 2. The number of hydrogen-bond acceptors (Lipinski definition) is 3. The Kier molecular flexibility index (Phi) is 4.65. The Morgan fingerprint density at radius 3 is 2.65 bits per heavy atom. The Hall–Kier alpha value is -1.98. The summed E-state index contributed by atoms with van der Waals surface area (Å²) in [7, 11) is 0. The third kappa shape index (κ3) is 3.76. The van der Waals surface area contributed by atoms with Gasteiger partial charge in [0.2, 0.25) is 0 Å². The molecule has 0 spiro atoms. The van der Waals surface area contributed by atoms with Crippen LogP contribution in [0.4, 0.5) is 10.1 Å². The summed E-state index contributed by atoms with van der Waals surface area (Å²) in [6, 6.07) is 10.7. The highest BCUT2D eigenvalue weighted by Crippen LogP contribution is 2.18. The number of nitrogens with zero attached hydrogens (tertiary/aromatic N) is 1. The van der Waals surface area contributed by atoms with Crippen molar-refractivity contribution in [3.63, 3.8) is 0 Å². The molecule has 0 radical (unpaired) electrons. The fourth-order valence-corrected chi connectivity index (χ4v) is 2.14. The average Bonchev–Trinajstić information content (AvgIpc) is 2.38. The molecule has 0 aromatic heterocycles. The number of halogens is 2. The van der Waals surface area contributed by atoms with Crippen LogP contribution >= 0.6 is 11.6 Å². The molecule has 6 heteroatoms. The first-order chi connectivity index (χ1) is 9.56. The van der Waals surface area contributed by atoms with Crippen molar-refractivity contribution < 1.29 is 9.31 Å². The van der Waals surface area contributed by atoms with Crippen LogP contribution in [0.3, 0.4) is 0 Å². The standard InChI is InChI=1S/C14H12ClFN2O2/c15-12-5-10(6-13(16)7-12)8-17-9-11-3-1-2-4-14(11)18(19)20/h1-7,17H,8-9H2. The zero-order valence-corrected chi connectivity index (χ0v) is 11.2. The van der Waals surface area contributed by atoms with Crippen LogP contribution in [0.1, 0.15) is 11.1 Å². The highest BCUT2D eigenvalue weighted by atomic mass is 35.5. The Bertz CT molecular complexity index is 614. The van der Waals surface area contributed by atoms with Crippen molar-refractivity contribution in [2.24, 2.45) is 0 Å². The van der Waals surface area contributed by atoms with Gasteiger partial charge in [0, 0.05) is 29.7 Å². The van der Waals surface area contributed by atoms with Crippen LogP contribution in [0.15, 0.2) is 42.5 Å². The second-order valence-electron chi connectivity index (χ2n) is 4.27. The second-order valence-corrected chi connectivity index (χ2v) is 4.70. The van der Waals surface area contributed by atoms with Crippen molar-refractivity contribution in [1.82, 2.24) is 5.32 Å². The SMILES string of the molecule is O=[N+]([O-])c1ccccc1CNCc1cc(F)cc(Cl)c1. The van der Waals surface area contributed by atoms with Crippen LogP contribution in [-0.4, -0.2) is 4.92 Å². The van der Waals surface area contributed by atoms with E-state index in [0.29, 0.717) is 29.2 Å². The van der Waals surface area contributed by atoms with E-state index >= 15 is 0 Å². The molecule has 0 aliphatic carbocycles. The highest BCUT2D eigenvalue weighted by Gasteiger charge is 2.11. The molecular formula is C14H12ClFN2O2. The first kappa shape index (κ1) is 14.4. The third-order valence-electron chi connectivity index (χ3n) is 2.76. The summed E-state index contributed by atoms with van der Waals surface area (Å²) in [5.74, 6) is -0.403. The van der Waals surface area contributed by atoms with Crippen LogP contribution in [0, 0.1) is 15.9 Å². The molecule has 0 saturated carbocycles. The van der Waals surface area contributed by atoms with Crippen molar-refractivity contribution in [2.45, 2.75) is 13.1 Å². The highest BCUT2D eigenvalue weighted by molar-refractivity contribution is 6.30. The smallest absolute Gasteiger partial charge is 0.273 e. The van der Waals surface area contributed by atoms with Gasteiger partial charge in [-0.2, -0.15) is 0 Å².